The maximum atomic E-state index is 8.89. The monoisotopic (exact) mass is 388 g/mol. The number of carboxylic acids is 3. The normalized spacial score (nSPS) is 14.2. The van der Waals surface area contributed by atoms with Crippen LogP contribution in [0.3, 0.4) is 0 Å². The van der Waals surface area contributed by atoms with Gasteiger partial charge in [0.2, 0.25) is 0 Å². The number of carbonyl (C=O) groups excluding carboxylic acids is 3. The first-order valence-electron chi connectivity index (χ1n) is 6.02. The Labute approximate surface area is 138 Å². The van der Waals surface area contributed by atoms with E-state index in [2.05, 4.69) is 24.3 Å². The van der Waals surface area contributed by atoms with Crippen molar-refractivity contribution in [1.29, 1.82) is 0 Å². The second kappa shape index (κ2) is 23.6. The van der Waals surface area contributed by atoms with E-state index >= 15 is 0 Å². The summed E-state index contributed by atoms with van der Waals surface area (Å²) in [6.07, 6.45) is 14.0. The molecule has 0 bridgehead atoms. The van der Waals surface area contributed by atoms with Crippen molar-refractivity contribution in [3.05, 3.63) is 24.3 Å². The summed E-state index contributed by atoms with van der Waals surface area (Å²) in [7, 11) is 0. The van der Waals surface area contributed by atoms with Gasteiger partial charge in [-0.1, -0.05) is 24.3 Å². The number of hydrogen-bond donors (Lipinski definition) is 0. The maximum Gasteiger partial charge on any atom is 3.00 e. The van der Waals surface area contributed by atoms with E-state index in [0.717, 1.165) is 20.8 Å². The van der Waals surface area contributed by atoms with Crippen molar-refractivity contribution in [3.8, 4) is 0 Å². The minimum absolute atomic E-state index is 0. The first-order chi connectivity index (χ1) is 9.20. The second-order valence-electron chi connectivity index (χ2n) is 3.57. The van der Waals surface area contributed by atoms with Crippen LogP contribution in [-0.2, 0) is 33.9 Å². The molecule has 0 aromatic rings. The van der Waals surface area contributed by atoms with Crippen LogP contribution in [0.25, 0.3) is 0 Å². The zero-order valence-electron chi connectivity index (χ0n) is 12.4. The van der Waals surface area contributed by atoms with Gasteiger partial charge >= 0.3 is 19.5 Å². The molecule has 6 nitrogen and oxygen atoms in total. The first-order valence-corrected chi connectivity index (χ1v) is 6.02. The molecule has 1 aliphatic carbocycles. The SMILES string of the molecule is C1=C\CC/C=C\CC/1.CC(=O)[O-].CC(=O)[O-].CC(=O)[O-].[Rh+3]. The molecule has 1 aliphatic rings. The van der Waals surface area contributed by atoms with Crippen LogP contribution < -0.4 is 15.3 Å². The topological polar surface area (TPSA) is 120 Å². The smallest absolute Gasteiger partial charge is 0.550 e. The van der Waals surface area contributed by atoms with Gasteiger partial charge < -0.3 is 29.7 Å². The quantitative estimate of drug-likeness (QED) is 0.385. The van der Waals surface area contributed by atoms with E-state index in [1.807, 2.05) is 0 Å². The van der Waals surface area contributed by atoms with Crippen LogP contribution in [0.5, 0.6) is 0 Å². The molecule has 0 saturated carbocycles. The third kappa shape index (κ3) is 119. The number of aliphatic carboxylic acids is 3. The molecule has 0 unspecified atom stereocenters. The Morgan fingerprint density at radius 1 is 0.619 bits per heavy atom. The second-order valence-corrected chi connectivity index (χ2v) is 3.57. The molecule has 0 amide bonds. The van der Waals surface area contributed by atoms with Gasteiger partial charge in [-0.05, 0) is 46.5 Å². The van der Waals surface area contributed by atoms with E-state index in [1.165, 1.54) is 25.7 Å². The molecule has 0 aromatic heterocycles. The van der Waals surface area contributed by atoms with E-state index < -0.39 is 17.9 Å². The van der Waals surface area contributed by atoms with Crippen molar-refractivity contribution in [3.63, 3.8) is 0 Å². The fraction of sp³-hybridized carbons (Fsp3) is 0.500. The van der Waals surface area contributed by atoms with Gasteiger partial charge in [-0.15, -0.1) is 0 Å². The Kier molecular flexibility index (Phi) is 31.2. The van der Waals surface area contributed by atoms with E-state index in [4.69, 9.17) is 29.7 Å². The van der Waals surface area contributed by atoms with Crippen LogP contribution in [0.4, 0.5) is 0 Å². The molecule has 0 heterocycles. The summed E-state index contributed by atoms with van der Waals surface area (Å²) in [5.74, 6) is -3.25. The largest absolute Gasteiger partial charge is 3.00 e. The maximum absolute atomic E-state index is 8.89. The minimum atomic E-state index is -1.08. The Morgan fingerprint density at radius 2 is 0.714 bits per heavy atom. The standard InChI is InChI=1S/C8H12.3C2H4O2.Rh/c1-2-4-6-8-7-5-3-1;3*1-2(3)4;/h1-2,7-8H,3-6H2;3*1H3,(H,3,4);/q;;;;+3/p-3/b2-1-,8-7-;;;;. The molecule has 0 aromatic carbocycles. The zero-order chi connectivity index (χ0) is 16.4. The van der Waals surface area contributed by atoms with E-state index in [-0.39, 0.29) is 19.5 Å². The first kappa shape index (κ1) is 27.8. The summed E-state index contributed by atoms with van der Waals surface area (Å²) in [5, 5.41) is 26.7. The molecule has 7 heteroatoms. The van der Waals surface area contributed by atoms with Gasteiger partial charge in [-0.3, -0.25) is 0 Å². The number of allylic oxidation sites excluding steroid dienone is 4. The third-order valence-corrected chi connectivity index (χ3v) is 1.33. The van der Waals surface area contributed by atoms with E-state index in [0.29, 0.717) is 0 Å². The molecule has 0 radical (unpaired) electrons. The Morgan fingerprint density at radius 3 is 0.810 bits per heavy atom. The summed E-state index contributed by atoms with van der Waals surface area (Å²) in [6, 6.07) is 0. The zero-order valence-corrected chi connectivity index (χ0v) is 14.1. The average molecular weight is 388 g/mol. The molecule has 0 atom stereocenters. The van der Waals surface area contributed by atoms with Crippen LogP contribution in [0.2, 0.25) is 0 Å². The van der Waals surface area contributed by atoms with Crippen molar-refractivity contribution in [2.75, 3.05) is 0 Å². The summed E-state index contributed by atoms with van der Waals surface area (Å²) in [6.45, 7) is 2.92. The molecular weight excluding hydrogens is 367 g/mol. The van der Waals surface area contributed by atoms with Gasteiger partial charge in [-0.2, -0.15) is 0 Å². The van der Waals surface area contributed by atoms with Crippen LogP contribution in [0.1, 0.15) is 46.5 Å². The van der Waals surface area contributed by atoms with Crippen LogP contribution in [-0.4, -0.2) is 17.9 Å². The molecule has 0 N–H and O–H groups in total. The fourth-order valence-corrected chi connectivity index (χ4v) is 0.856. The van der Waals surface area contributed by atoms with E-state index in [1.54, 1.807) is 0 Å². The number of carbonyl (C=O) groups is 3. The van der Waals surface area contributed by atoms with Crippen molar-refractivity contribution in [2.24, 2.45) is 0 Å². The Balaban J connectivity index is -0.0000000973. The van der Waals surface area contributed by atoms with Crippen molar-refractivity contribution in [2.45, 2.75) is 46.5 Å². The number of rotatable bonds is 0. The van der Waals surface area contributed by atoms with Crippen molar-refractivity contribution in [1.82, 2.24) is 0 Å². The molecular formula is C14H21O6Rh. The molecule has 0 fully saturated rings. The molecule has 21 heavy (non-hydrogen) atoms. The minimum Gasteiger partial charge on any atom is -0.550 e. The predicted molar refractivity (Wildman–Crippen MR) is 68.8 cm³/mol. The van der Waals surface area contributed by atoms with Gasteiger partial charge in [0.15, 0.2) is 0 Å². The third-order valence-electron chi connectivity index (χ3n) is 1.33. The molecule has 0 saturated heterocycles. The van der Waals surface area contributed by atoms with Gasteiger partial charge in [0.05, 0.1) is 0 Å². The Bertz CT molecular complexity index is 257. The fourth-order valence-electron chi connectivity index (χ4n) is 0.856. The summed E-state index contributed by atoms with van der Waals surface area (Å²) >= 11 is 0. The van der Waals surface area contributed by atoms with Crippen molar-refractivity contribution >= 4 is 17.9 Å². The van der Waals surface area contributed by atoms with Crippen LogP contribution in [0, 0.1) is 0 Å². The summed E-state index contributed by atoms with van der Waals surface area (Å²) < 4.78 is 0. The van der Waals surface area contributed by atoms with Gasteiger partial charge in [0.25, 0.3) is 0 Å². The summed E-state index contributed by atoms with van der Waals surface area (Å²) in [4.78, 5) is 26.7. The average Bonchev–Trinajstić information content (AvgIpc) is 2.12. The van der Waals surface area contributed by atoms with Crippen LogP contribution >= 0.6 is 0 Å². The summed E-state index contributed by atoms with van der Waals surface area (Å²) in [5.41, 5.74) is 0. The predicted octanol–water partition coefficient (Wildman–Crippen LogP) is -1.06. The Hall–Kier alpha value is -1.49. The van der Waals surface area contributed by atoms with Gasteiger partial charge in [0.1, 0.15) is 0 Å². The van der Waals surface area contributed by atoms with Crippen LogP contribution in [0.15, 0.2) is 24.3 Å². The molecule has 122 valence electrons. The molecule has 0 spiro atoms. The van der Waals surface area contributed by atoms with Gasteiger partial charge in [-0.25, -0.2) is 0 Å². The number of hydrogen-bond acceptors (Lipinski definition) is 6. The molecule has 1 rings (SSSR count). The van der Waals surface area contributed by atoms with Crippen molar-refractivity contribution < 1.29 is 49.2 Å². The van der Waals surface area contributed by atoms with E-state index in [9.17, 15) is 0 Å². The molecule has 0 aliphatic heterocycles. The number of carboxylic acid groups (broad SMARTS) is 3. The van der Waals surface area contributed by atoms with Gasteiger partial charge in [0, 0.05) is 17.9 Å².